The van der Waals surface area contributed by atoms with Crippen LogP contribution >= 0.6 is 34.2 Å². The molecular weight excluding hydrogens is 549 g/mol. The predicted octanol–water partition coefficient (Wildman–Crippen LogP) is 6.88. The van der Waals surface area contributed by atoms with Crippen LogP contribution in [0.5, 0.6) is 11.5 Å². The van der Waals surface area contributed by atoms with Crippen molar-refractivity contribution in [3.8, 4) is 17.6 Å². The van der Waals surface area contributed by atoms with Crippen LogP contribution in [0.15, 0.2) is 72.6 Å². The van der Waals surface area contributed by atoms with Gasteiger partial charge in [-0.15, -0.1) is 0 Å². The van der Waals surface area contributed by atoms with Crippen LogP contribution in [0.3, 0.4) is 0 Å². The number of hydrogen-bond acceptors (Lipinski definition) is 4. The average molecular weight is 570 g/mol. The molecule has 0 atom stereocenters. The van der Waals surface area contributed by atoms with Crippen molar-refractivity contribution < 1.29 is 9.47 Å². The van der Waals surface area contributed by atoms with Gasteiger partial charge in [0.25, 0.3) is 0 Å². The minimum Gasteiger partial charge on any atom is -0.490 e. The molecule has 0 bridgehead atoms. The number of hydrogen-bond donors (Lipinski definition) is 0. The molecule has 5 nitrogen and oxygen atoms in total. The minimum absolute atomic E-state index is 0.402. The van der Waals surface area contributed by atoms with E-state index < -0.39 is 0 Å². The quantitative estimate of drug-likeness (QED) is 0.171. The van der Waals surface area contributed by atoms with Crippen LogP contribution in [0.1, 0.15) is 18.1 Å². The lowest BCUT2D eigenvalue weighted by atomic mass is 10.1. The van der Waals surface area contributed by atoms with Crippen LogP contribution in [0.4, 0.5) is 0 Å². The highest BCUT2D eigenvalue weighted by atomic mass is 127. The number of benzene rings is 3. The lowest BCUT2D eigenvalue weighted by molar-refractivity contribution is 0.267. The van der Waals surface area contributed by atoms with Crippen LogP contribution in [0, 0.1) is 14.9 Å². The maximum Gasteiger partial charge on any atom is 0.175 e. The summed E-state index contributed by atoms with van der Waals surface area (Å²) in [5, 5.41) is 10.5. The zero-order valence-electron chi connectivity index (χ0n) is 18.0. The van der Waals surface area contributed by atoms with Crippen LogP contribution in [-0.4, -0.2) is 16.2 Å². The number of para-hydroxylation sites is 2. The summed E-state index contributed by atoms with van der Waals surface area (Å²) in [7, 11) is 0. The molecule has 0 spiro atoms. The largest absolute Gasteiger partial charge is 0.490 e. The van der Waals surface area contributed by atoms with Gasteiger partial charge in [-0.25, -0.2) is 4.98 Å². The smallest absolute Gasteiger partial charge is 0.175 e. The maximum atomic E-state index is 9.77. The second-order valence-electron chi connectivity index (χ2n) is 7.32. The molecule has 0 unspecified atom stereocenters. The molecule has 0 N–H and O–H groups in total. The molecule has 0 aliphatic heterocycles. The van der Waals surface area contributed by atoms with Gasteiger partial charge >= 0.3 is 0 Å². The fourth-order valence-electron chi connectivity index (χ4n) is 3.44. The summed E-state index contributed by atoms with van der Waals surface area (Å²) >= 11 is 8.21. The molecular formula is C26H21ClIN3O2. The zero-order chi connectivity index (χ0) is 23.2. The first kappa shape index (κ1) is 23.1. The van der Waals surface area contributed by atoms with Gasteiger partial charge in [0.05, 0.1) is 40.2 Å². The Bertz CT molecular complexity index is 1340. The number of nitrogens with zero attached hydrogens (tertiary/aromatic N) is 3. The molecule has 1 heterocycles. The first-order valence-corrected chi connectivity index (χ1v) is 11.9. The van der Waals surface area contributed by atoms with Crippen LogP contribution in [0.2, 0.25) is 5.02 Å². The van der Waals surface area contributed by atoms with Gasteiger partial charge in [0, 0.05) is 10.6 Å². The van der Waals surface area contributed by atoms with Crippen LogP contribution in [0.25, 0.3) is 17.1 Å². The summed E-state index contributed by atoms with van der Waals surface area (Å²) in [5.74, 6) is 1.33. The molecule has 0 aliphatic rings. The van der Waals surface area contributed by atoms with E-state index in [1.54, 1.807) is 6.33 Å². The van der Waals surface area contributed by atoms with E-state index in [4.69, 9.17) is 21.1 Å². The number of fused-ring (bicyclic) bond motifs is 1. The Morgan fingerprint density at radius 1 is 1.15 bits per heavy atom. The molecule has 1 aromatic heterocycles. The second-order valence-corrected chi connectivity index (χ2v) is 8.92. The monoisotopic (exact) mass is 569 g/mol. The number of ether oxygens (including phenoxy) is 2. The van der Waals surface area contributed by atoms with E-state index in [0.29, 0.717) is 41.9 Å². The Morgan fingerprint density at radius 2 is 1.94 bits per heavy atom. The topological polar surface area (TPSA) is 60.1 Å². The van der Waals surface area contributed by atoms with Gasteiger partial charge in [0.15, 0.2) is 11.5 Å². The summed E-state index contributed by atoms with van der Waals surface area (Å²) in [5.41, 5.74) is 4.41. The predicted molar refractivity (Wildman–Crippen MR) is 139 cm³/mol. The number of rotatable bonds is 8. The molecule has 3 aromatic carbocycles. The van der Waals surface area contributed by atoms with Crippen molar-refractivity contribution >= 4 is 51.3 Å². The molecule has 0 radical (unpaired) electrons. The van der Waals surface area contributed by atoms with E-state index in [9.17, 15) is 5.26 Å². The number of imidazole rings is 1. The Balaban J connectivity index is 1.59. The van der Waals surface area contributed by atoms with Gasteiger partial charge in [0.1, 0.15) is 6.61 Å². The molecule has 0 saturated carbocycles. The molecule has 0 fully saturated rings. The number of nitriles is 1. The molecule has 4 aromatic rings. The highest BCUT2D eigenvalue weighted by Gasteiger charge is 2.13. The Labute approximate surface area is 211 Å². The van der Waals surface area contributed by atoms with E-state index in [1.807, 2.05) is 78.2 Å². The fourth-order valence-corrected chi connectivity index (χ4v) is 4.35. The molecule has 0 amide bonds. The van der Waals surface area contributed by atoms with Crippen molar-refractivity contribution in [2.45, 2.75) is 20.1 Å². The van der Waals surface area contributed by atoms with Crippen LogP contribution in [-0.2, 0) is 13.2 Å². The Morgan fingerprint density at radius 3 is 2.70 bits per heavy atom. The highest BCUT2D eigenvalue weighted by molar-refractivity contribution is 14.1. The van der Waals surface area contributed by atoms with Gasteiger partial charge in [-0.1, -0.05) is 35.9 Å². The molecule has 0 aliphatic carbocycles. The third-order valence-electron chi connectivity index (χ3n) is 4.98. The molecule has 4 rings (SSSR count). The van der Waals surface area contributed by atoms with Gasteiger partial charge in [-0.05, 0) is 83.1 Å². The second kappa shape index (κ2) is 10.7. The minimum atomic E-state index is 0.402. The standard InChI is InChI=1S/C26H21ClIN3O2/c1-2-32-25-13-19(12-22(28)26(25)33-16-18-7-9-21(27)10-8-18)11-20(14-29)15-31-17-30-23-5-3-4-6-24(23)31/h3-13,17H,2,15-16H2,1H3/b20-11-. The van der Waals surface area contributed by atoms with E-state index in [2.05, 4.69) is 33.6 Å². The summed E-state index contributed by atoms with van der Waals surface area (Å²) in [6.45, 7) is 3.28. The fraction of sp³-hybridized carbons (Fsp3) is 0.154. The van der Waals surface area contributed by atoms with Gasteiger partial charge in [0.2, 0.25) is 0 Å². The van der Waals surface area contributed by atoms with Crippen molar-refractivity contribution in [1.82, 2.24) is 9.55 Å². The van der Waals surface area contributed by atoms with E-state index >= 15 is 0 Å². The first-order chi connectivity index (χ1) is 16.1. The van der Waals surface area contributed by atoms with E-state index in [1.165, 1.54) is 0 Å². The summed E-state index contributed by atoms with van der Waals surface area (Å²) in [4.78, 5) is 4.41. The Hall–Kier alpha value is -3.02. The SMILES string of the molecule is CCOc1cc(/C=C(/C#N)Cn2cnc3ccccc32)cc(I)c1OCc1ccc(Cl)cc1. The van der Waals surface area contributed by atoms with E-state index in [-0.39, 0.29) is 0 Å². The third-order valence-corrected chi connectivity index (χ3v) is 6.03. The van der Waals surface area contributed by atoms with Crippen molar-refractivity contribution in [1.29, 1.82) is 5.26 Å². The zero-order valence-corrected chi connectivity index (χ0v) is 20.9. The normalized spacial score (nSPS) is 11.4. The average Bonchev–Trinajstić information content (AvgIpc) is 3.22. The molecule has 33 heavy (non-hydrogen) atoms. The lowest BCUT2D eigenvalue weighted by Gasteiger charge is -2.15. The maximum absolute atomic E-state index is 9.77. The molecule has 0 saturated heterocycles. The van der Waals surface area contributed by atoms with Gasteiger partial charge in [-0.3, -0.25) is 0 Å². The third kappa shape index (κ3) is 5.67. The molecule has 7 heteroatoms. The molecule has 166 valence electrons. The summed E-state index contributed by atoms with van der Waals surface area (Å²) in [6.07, 6.45) is 3.64. The van der Waals surface area contributed by atoms with Crippen molar-refractivity contribution in [3.63, 3.8) is 0 Å². The van der Waals surface area contributed by atoms with Crippen molar-refractivity contribution in [2.24, 2.45) is 0 Å². The first-order valence-electron chi connectivity index (χ1n) is 10.4. The number of allylic oxidation sites excluding steroid dienone is 1. The van der Waals surface area contributed by atoms with Crippen molar-refractivity contribution in [2.75, 3.05) is 6.61 Å². The lowest BCUT2D eigenvalue weighted by Crippen LogP contribution is -2.02. The highest BCUT2D eigenvalue weighted by Crippen LogP contribution is 2.35. The Kier molecular flexibility index (Phi) is 7.53. The van der Waals surface area contributed by atoms with Crippen LogP contribution < -0.4 is 9.47 Å². The van der Waals surface area contributed by atoms with Gasteiger partial charge < -0.3 is 14.0 Å². The van der Waals surface area contributed by atoms with Gasteiger partial charge in [-0.2, -0.15) is 5.26 Å². The van der Waals surface area contributed by atoms with E-state index in [0.717, 1.165) is 25.7 Å². The summed E-state index contributed by atoms with van der Waals surface area (Å²) in [6, 6.07) is 21.7. The number of halogens is 2. The summed E-state index contributed by atoms with van der Waals surface area (Å²) < 4.78 is 14.8. The number of aromatic nitrogens is 2. The van der Waals surface area contributed by atoms with Crippen molar-refractivity contribution in [3.05, 3.63) is 92.3 Å².